The first kappa shape index (κ1) is 11.3. The Morgan fingerprint density at radius 2 is 1.94 bits per heavy atom. The summed E-state index contributed by atoms with van der Waals surface area (Å²) in [5.41, 5.74) is 0. The van der Waals surface area contributed by atoms with Gasteiger partial charge in [0.1, 0.15) is 17.7 Å². The Kier molecular flexibility index (Phi) is 3.02. The molecule has 0 saturated carbocycles. The molecule has 92 valence electrons. The standard InChI is InChI=1S/C13H12ClN3O/c14-13-15-7-6-12(16-13)17-8-11(9-17)18-10-4-2-1-3-5-10/h1-7,11H,8-9H2. The number of ether oxygens (including phenoxy) is 1. The maximum absolute atomic E-state index is 5.81. The predicted molar refractivity (Wildman–Crippen MR) is 70.1 cm³/mol. The van der Waals surface area contributed by atoms with E-state index in [4.69, 9.17) is 16.3 Å². The number of hydrogen-bond donors (Lipinski definition) is 0. The molecular formula is C13H12ClN3O. The Morgan fingerprint density at radius 3 is 2.67 bits per heavy atom. The van der Waals surface area contributed by atoms with E-state index in [2.05, 4.69) is 14.9 Å². The topological polar surface area (TPSA) is 38.2 Å². The predicted octanol–water partition coefficient (Wildman–Crippen LogP) is 2.40. The minimum atomic E-state index is 0.209. The van der Waals surface area contributed by atoms with E-state index < -0.39 is 0 Å². The molecule has 2 heterocycles. The molecule has 0 spiro atoms. The molecule has 5 heteroatoms. The number of rotatable bonds is 3. The largest absolute Gasteiger partial charge is 0.487 e. The van der Waals surface area contributed by atoms with E-state index in [0.717, 1.165) is 24.7 Å². The van der Waals surface area contributed by atoms with Crippen LogP contribution in [0.4, 0.5) is 5.82 Å². The van der Waals surface area contributed by atoms with Gasteiger partial charge in [0.2, 0.25) is 5.28 Å². The summed E-state index contributed by atoms with van der Waals surface area (Å²) in [6.07, 6.45) is 1.87. The van der Waals surface area contributed by atoms with Crippen molar-refractivity contribution in [3.63, 3.8) is 0 Å². The molecule has 18 heavy (non-hydrogen) atoms. The molecule has 0 unspecified atom stereocenters. The second-order valence-corrected chi connectivity index (χ2v) is 4.48. The summed E-state index contributed by atoms with van der Waals surface area (Å²) in [5, 5.41) is 0.278. The number of hydrogen-bond acceptors (Lipinski definition) is 4. The lowest BCUT2D eigenvalue weighted by Gasteiger charge is -2.39. The summed E-state index contributed by atoms with van der Waals surface area (Å²) in [5.74, 6) is 1.76. The molecular weight excluding hydrogens is 250 g/mol. The van der Waals surface area contributed by atoms with E-state index >= 15 is 0 Å². The highest BCUT2D eigenvalue weighted by Crippen LogP contribution is 2.22. The van der Waals surface area contributed by atoms with E-state index in [1.807, 2.05) is 36.4 Å². The zero-order valence-corrected chi connectivity index (χ0v) is 10.4. The molecule has 0 aliphatic carbocycles. The molecule has 0 radical (unpaired) electrons. The average Bonchev–Trinajstić information content (AvgIpc) is 2.34. The van der Waals surface area contributed by atoms with Crippen LogP contribution < -0.4 is 9.64 Å². The Labute approximate surface area is 110 Å². The van der Waals surface area contributed by atoms with Gasteiger partial charge in [-0.05, 0) is 29.8 Å². The lowest BCUT2D eigenvalue weighted by atomic mass is 10.1. The average molecular weight is 262 g/mol. The summed E-state index contributed by atoms with van der Waals surface area (Å²) in [4.78, 5) is 10.1. The third-order valence-electron chi connectivity index (χ3n) is 2.83. The third kappa shape index (κ3) is 2.38. The molecule has 0 bridgehead atoms. The van der Waals surface area contributed by atoms with Crippen molar-refractivity contribution in [3.05, 3.63) is 47.9 Å². The van der Waals surface area contributed by atoms with E-state index in [1.54, 1.807) is 6.20 Å². The van der Waals surface area contributed by atoms with Gasteiger partial charge >= 0.3 is 0 Å². The summed E-state index contributed by atoms with van der Waals surface area (Å²) < 4.78 is 5.81. The van der Waals surface area contributed by atoms with Gasteiger partial charge in [0.15, 0.2) is 0 Å². The number of anilines is 1. The van der Waals surface area contributed by atoms with Crippen LogP contribution >= 0.6 is 11.6 Å². The van der Waals surface area contributed by atoms with Crippen LogP contribution in [0.5, 0.6) is 5.75 Å². The van der Waals surface area contributed by atoms with E-state index in [9.17, 15) is 0 Å². The first-order valence-corrected chi connectivity index (χ1v) is 6.14. The molecule has 1 aliphatic heterocycles. The Hall–Kier alpha value is -1.81. The first-order chi connectivity index (χ1) is 8.81. The van der Waals surface area contributed by atoms with Gasteiger partial charge < -0.3 is 9.64 Å². The molecule has 1 aromatic carbocycles. The quantitative estimate of drug-likeness (QED) is 0.796. The number of nitrogens with zero attached hydrogens (tertiary/aromatic N) is 3. The van der Waals surface area contributed by atoms with Gasteiger partial charge in [-0.25, -0.2) is 9.97 Å². The van der Waals surface area contributed by atoms with Crippen molar-refractivity contribution < 1.29 is 4.74 Å². The lowest BCUT2D eigenvalue weighted by Crippen LogP contribution is -2.54. The summed E-state index contributed by atoms with van der Waals surface area (Å²) >= 11 is 5.76. The Bertz CT molecular complexity index is 529. The summed E-state index contributed by atoms with van der Waals surface area (Å²) in [7, 11) is 0. The van der Waals surface area contributed by atoms with Crippen LogP contribution in [-0.4, -0.2) is 29.2 Å². The van der Waals surface area contributed by atoms with Crippen molar-refractivity contribution in [1.82, 2.24) is 9.97 Å². The highest BCUT2D eigenvalue weighted by atomic mass is 35.5. The van der Waals surface area contributed by atoms with Crippen molar-refractivity contribution in [2.24, 2.45) is 0 Å². The van der Waals surface area contributed by atoms with Crippen LogP contribution in [0.1, 0.15) is 0 Å². The van der Waals surface area contributed by atoms with Crippen LogP contribution in [0.25, 0.3) is 0 Å². The monoisotopic (exact) mass is 261 g/mol. The minimum absolute atomic E-state index is 0.209. The fourth-order valence-electron chi connectivity index (χ4n) is 1.89. The number of halogens is 1. The summed E-state index contributed by atoms with van der Waals surface area (Å²) in [6, 6.07) is 11.7. The molecule has 1 aromatic heterocycles. The molecule has 1 fully saturated rings. The van der Waals surface area contributed by atoms with Crippen LogP contribution in [0, 0.1) is 0 Å². The highest BCUT2D eigenvalue weighted by molar-refractivity contribution is 6.28. The van der Waals surface area contributed by atoms with Crippen LogP contribution in [-0.2, 0) is 0 Å². The zero-order chi connectivity index (χ0) is 12.4. The first-order valence-electron chi connectivity index (χ1n) is 5.76. The van der Waals surface area contributed by atoms with Gasteiger partial charge in [-0.1, -0.05) is 18.2 Å². The highest BCUT2D eigenvalue weighted by Gasteiger charge is 2.29. The lowest BCUT2D eigenvalue weighted by molar-refractivity contribution is 0.167. The number of benzene rings is 1. The molecule has 1 saturated heterocycles. The van der Waals surface area contributed by atoms with Crippen LogP contribution in [0.2, 0.25) is 5.28 Å². The molecule has 1 aliphatic rings. The fourth-order valence-corrected chi connectivity index (χ4v) is 2.04. The normalized spacial score (nSPS) is 15.3. The maximum atomic E-state index is 5.81. The van der Waals surface area contributed by atoms with Gasteiger partial charge in [0.05, 0.1) is 13.1 Å². The fraction of sp³-hybridized carbons (Fsp3) is 0.231. The number of aromatic nitrogens is 2. The minimum Gasteiger partial charge on any atom is -0.487 e. The molecule has 0 N–H and O–H groups in total. The second-order valence-electron chi connectivity index (χ2n) is 4.14. The van der Waals surface area contributed by atoms with Gasteiger partial charge in [0.25, 0.3) is 0 Å². The molecule has 3 rings (SSSR count). The van der Waals surface area contributed by atoms with Crippen molar-refractivity contribution in [2.75, 3.05) is 18.0 Å². The van der Waals surface area contributed by atoms with Crippen molar-refractivity contribution in [1.29, 1.82) is 0 Å². The summed E-state index contributed by atoms with van der Waals surface area (Å²) in [6.45, 7) is 1.64. The van der Waals surface area contributed by atoms with Crippen LogP contribution in [0.3, 0.4) is 0 Å². The van der Waals surface area contributed by atoms with Gasteiger partial charge in [0, 0.05) is 6.20 Å². The van der Waals surface area contributed by atoms with E-state index in [-0.39, 0.29) is 11.4 Å². The van der Waals surface area contributed by atoms with Gasteiger partial charge in [-0.3, -0.25) is 0 Å². The number of para-hydroxylation sites is 1. The zero-order valence-electron chi connectivity index (χ0n) is 9.66. The molecule has 0 atom stereocenters. The van der Waals surface area contributed by atoms with E-state index in [0.29, 0.717) is 0 Å². The Morgan fingerprint density at radius 1 is 1.17 bits per heavy atom. The van der Waals surface area contributed by atoms with Crippen molar-refractivity contribution >= 4 is 17.4 Å². The third-order valence-corrected chi connectivity index (χ3v) is 3.01. The van der Waals surface area contributed by atoms with Gasteiger partial charge in [-0.15, -0.1) is 0 Å². The SMILES string of the molecule is Clc1nccc(N2CC(Oc3ccccc3)C2)n1. The van der Waals surface area contributed by atoms with Crippen molar-refractivity contribution in [2.45, 2.75) is 6.10 Å². The van der Waals surface area contributed by atoms with Crippen LogP contribution in [0.15, 0.2) is 42.6 Å². The molecule has 4 nitrogen and oxygen atoms in total. The van der Waals surface area contributed by atoms with Crippen molar-refractivity contribution in [3.8, 4) is 5.75 Å². The smallest absolute Gasteiger partial charge is 0.224 e. The molecule has 2 aromatic rings. The van der Waals surface area contributed by atoms with E-state index in [1.165, 1.54) is 0 Å². The second kappa shape index (κ2) is 4.82. The molecule has 0 amide bonds. The van der Waals surface area contributed by atoms with Gasteiger partial charge in [-0.2, -0.15) is 0 Å². The Balaban J connectivity index is 1.57. The maximum Gasteiger partial charge on any atom is 0.224 e.